The van der Waals surface area contributed by atoms with Crippen molar-refractivity contribution in [3.63, 3.8) is 0 Å². The summed E-state index contributed by atoms with van der Waals surface area (Å²) in [5, 5.41) is 5.53. The minimum absolute atomic E-state index is 0. The molecule has 0 aliphatic heterocycles. The van der Waals surface area contributed by atoms with Gasteiger partial charge in [-0.05, 0) is 32.1 Å². The van der Waals surface area contributed by atoms with Crippen LogP contribution in [0.3, 0.4) is 0 Å². The zero-order valence-electron chi connectivity index (χ0n) is 10.1. The van der Waals surface area contributed by atoms with Gasteiger partial charge in [0.25, 0.3) is 6.43 Å². The Bertz CT molecular complexity index is 375. The number of alkyl halides is 2. The van der Waals surface area contributed by atoms with Crippen molar-refractivity contribution in [2.75, 3.05) is 18.9 Å². The van der Waals surface area contributed by atoms with E-state index in [0.29, 0.717) is 12.1 Å². The molecule has 102 valence electrons. The van der Waals surface area contributed by atoms with Crippen molar-refractivity contribution in [2.24, 2.45) is 0 Å². The molecule has 18 heavy (non-hydrogen) atoms. The molecule has 0 heterocycles. The standard InChI is InChI=1S/C12H16F2N2O.ClH/c1-15-7-3-6-11(17)16-10-5-2-4-9(8-10)12(13)14;/h2,4-5,8,12,15H,3,6-7H2,1H3,(H,16,17);1H. The van der Waals surface area contributed by atoms with Gasteiger partial charge in [-0.25, -0.2) is 8.78 Å². The van der Waals surface area contributed by atoms with Gasteiger partial charge in [0, 0.05) is 17.7 Å². The van der Waals surface area contributed by atoms with E-state index >= 15 is 0 Å². The third kappa shape index (κ3) is 5.93. The summed E-state index contributed by atoms with van der Waals surface area (Å²) < 4.78 is 24.8. The normalized spacial score (nSPS) is 10.0. The highest BCUT2D eigenvalue weighted by Crippen LogP contribution is 2.21. The summed E-state index contributed by atoms with van der Waals surface area (Å²) in [4.78, 5) is 11.4. The molecule has 0 spiro atoms. The highest BCUT2D eigenvalue weighted by molar-refractivity contribution is 5.90. The smallest absolute Gasteiger partial charge is 0.263 e. The van der Waals surface area contributed by atoms with Crippen molar-refractivity contribution in [2.45, 2.75) is 19.3 Å². The Hall–Kier alpha value is -1.20. The largest absolute Gasteiger partial charge is 0.326 e. The van der Waals surface area contributed by atoms with Crippen LogP contribution in [-0.2, 0) is 4.79 Å². The third-order valence-electron chi connectivity index (χ3n) is 2.25. The van der Waals surface area contributed by atoms with Gasteiger partial charge in [0.2, 0.25) is 5.91 Å². The highest BCUT2D eigenvalue weighted by Gasteiger charge is 2.08. The molecule has 0 saturated heterocycles. The van der Waals surface area contributed by atoms with Crippen LogP contribution in [0.5, 0.6) is 0 Å². The van der Waals surface area contributed by atoms with Crippen molar-refractivity contribution in [1.29, 1.82) is 0 Å². The number of halogens is 3. The Kier molecular flexibility index (Phi) is 8.24. The molecule has 1 rings (SSSR count). The number of carbonyl (C=O) groups is 1. The van der Waals surface area contributed by atoms with Crippen LogP contribution < -0.4 is 10.6 Å². The van der Waals surface area contributed by atoms with E-state index in [1.54, 1.807) is 6.07 Å². The molecule has 0 saturated carbocycles. The summed E-state index contributed by atoms with van der Waals surface area (Å²) in [6, 6.07) is 5.73. The van der Waals surface area contributed by atoms with E-state index < -0.39 is 6.43 Å². The maximum Gasteiger partial charge on any atom is 0.263 e. The molecule has 0 aliphatic carbocycles. The number of nitrogens with one attached hydrogen (secondary N) is 2. The molecule has 0 fully saturated rings. The van der Waals surface area contributed by atoms with Crippen LogP contribution in [0.4, 0.5) is 14.5 Å². The molecule has 0 bridgehead atoms. The molecular weight excluding hydrogens is 262 g/mol. The second-order valence-corrected chi connectivity index (χ2v) is 3.68. The van der Waals surface area contributed by atoms with E-state index in [1.807, 2.05) is 7.05 Å². The number of benzene rings is 1. The number of amides is 1. The summed E-state index contributed by atoms with van der Waals surface area (Å²) in [5.41, 5.74) is 0.329. The van der Waals surface area contributed by atoms with Crippen molar-refractivity contribution in [3.8, 4) is 0 Å². The zero-order valence-corrected chi connectivity index (χ0v) is 10.9. The zero-order chi connectivity index (χ0) is 12.7. The second kappa shape index (κ2) is 8.83. The van der Waals surface area contributed by atoms with Crippen LogP contribution in [0.1, 0.15) is 24.8 Å². The van der Waals surface area contributed by atoms with Crippen LogP contribution in [0.15, 0.2) is 24.3 Å². The lowest BCUT2D eigenvalue weighted by Gasteiger charge is -2.07. The van der Waals surface area contributed by atoms with Gasteiger partial charge in [-0.2, -0.15) is 0 Å². The second-order valence-electron chi connectivity index (χ2n) is 3.68. The number of carbonyl (C=O) groups excluding carboxylic acids is 1. The van der Waals surface area contributed by atoms with E-state index in [4.69, 9.17) is 0 Å². The number of anilines is 1. The first-order valence-electron chi connectivity index (χ1n) is 5.46. The molecule has 1 amide bonds. The fourth-order valence-electron chi connectivity index (χ4n) is 1.40. The summed E-state index contributed by atoms with van der Waals surface area (Å²) in [5.74, 6) is -0.160. The van der Waals surface area contributed by atoms with Crippen LogP contribution in [-0.4, -0.2) is 19.5 Å². The molecule has 0 aliphatic rings. The molecule has 6 heteroatoms. The lowest BCUT2D eigenvalue weighted by Crippen LogP contribution is -2.15. The minimum atomic E-state index is -2.52. The fourth-order valence-corrected chi connectivity index (χ4v) is 1.40. The quantitative estimate of drug-likeness (QED) is 0.786. The fraction of sp³-hybridized carbons (Fsp3) is 0.417. The van der Waals surface area contributed by atoms with Gasteiger partial charge in [0.15, 0.2) is 0 Å². The van der Waals surface area contributed by atoms with Crippen LogP contribution in [0.25, 0.3) is 0 Å². The molecule has 0 atom stereocenters. The van der Waals surface area contributed by atoms with E-state index in [9.17, 15) is 13.6 Å². The first-order valence-corrected chi connectivity index (χ1v) is 5.46. The molecule has 2 N–H and O–H groups in total. The molecule has 0 radical (unpaired) electrons. The predicted octanol–water partition coefficient (Wildman–Crippen LogP) is 2.98. The van der Waals surface area contributed by atoms with E-state index in [-0.39, 0.29) is 23.9 Å². The Balaban J connectivity index is 0.00000289. The Morgan fingerprint density at radius 3 is 2.72 bits per heavy atom. The highest BCUT2D eigenvalue weighted by atomic mass is 35.5. The lowest BCUT2D eigenvalue weighted by atomic mass is 10.2. The van der Waals surface area contributed by atoms with Crippen LogP contribution >= 0.6 is 12.4 Å². The number of hydrogen-bond acceptors (Lipinski definition) is 2. The van der Waals surface area contributed by atoms with Gasteiger partial charge in [-0.15, -0.1) is 12.4 Å². The lowest BCUT2D eigenvalue weighted by molar-refractivity contribution is -0.116. The molecule has 3 nitrogen and oxygen atoms in total. The molecule has 0 unspecified atom stereocenters. The first-order chi connectivity index (χ1) is 8.13. The van der Waals surface area contributed by atoms with Gasteiger partial charge in [-0.3, -0.25) is 4.79 Å². The van der Waals surface area contributed by atoms with Crippen molar-refractivity contribution < 1.29 is 13.6 Å². The van der Waals surface area contributed by atoms with Gasteiger partial charge in [0.05, 0.1) is 0 Å². The Labute approximate surface area is 111 Å². The number of rotatable bonds is 6. The topological polar surface area (TPSA) is 41.1 Å². The van der Waals surface area contributed by atoms with Gasteiger partial charge < -0.3 is 10.6 Å². The molecule has 1 aromatic rings. The van der Waals surface area contributed by atoms with Crippen molar-refractivity contribution in [3.05, 3.63) is 29.8 Å². The van der Waals surface area contributed by atoms with Gasteiger partial charge >= 0.3 is 0 Å². The SMILES string of the molecule is CNCCCC(=O)Nc1cccc(C(F)F)c1.Cl. The molecule has 1 aromatic carbocycles. The van der Waals surface area contributed by atoms with Crippen molar-refractivity contribution in [1.82, 2.24) is 5.32 Å². The maximum atomic E-state index is 12.4. The predicted molar refractivity (Wildman–Crippen MR) is 70.4 cm³/mol. The number of hydrogen-bond donors (Lipinski definition) is 2. The summed E-state index contributed by atoms with van der Waals surface area (Å²) in [7, 11) is 1.81. The first kappa shape index (κ1) is 16.8. The Morgan fingerprint density at radius 2 is 2.11 bits per heavy atom. The molecule has 0 aromatic heterocycles. The third-order valence-corrected chi connectivity index (χ3v) is 2.25. The van der Waals surface area contributed by atoms with Crippen LogP contribution in [0, 0.1) is 0 Å². The van der Waals surface area contributed by atoms with Crippen LogP contribution in [0.2, 0.25) is 0 Å². The summed E-state index contributed by atoms with van der Waals surface area (Å²) in [6.45, 7) is 0.754. The minimum Gasteiger partial charge on any atom is -0.326 e. The molecular formula is C12H17ClF2N2O. The van der Waals surface area contributed by atoms with E-state index in [0.717, 1.165) is 13.0 Å². The van der Waals surface area contributed by atoms with E-state index in [2.05, 4.69) is 10.6 Å². The summed E-state index contributed by atoms with van der Waals surface area (Å²) in [6.07, 6.45) is -1.42. The Morgan fingerprint density at radius 1 is 1.39 bits per heavy atom. The summed E-state index contributed by atoms with van der Waals surface area (Å²) >= 11 is 0. The van der Waals surface area contributed by atoms with Crippen molar-refractivity contribution >= 4 is 24.0 Å². The van der Waals surface area contributed by atoms with Gasteiger partial charge in [-0.1, -0.05) is 12.1 Å². The maximum absolute atomic E-state index is 12.4. The monoisotopic (exact) mass is 278 g/mol. The average Bonchev–Trinajstić information content (AvgIpc) is 2.29. The average molecular weight is 279 g/mol. The van der Waals surface area contributed by atoms with E-state index in [1.165, 1.54) is 18.2 Å². The van der Waals surface area contributed by atoms with Gasteiger partial charge in [0.1, 0.15) is 0 Å².